The summed E-state index contributed by atoms with van der Waals surface area (Å²) >= 11 is 1.72. The van der Waals surface area contributed by atoms with Gasteiger partial charge in [-0.15, -0.1) is 11.3 Å². The van der Waals surface area contributed by atoms with Crippen molar-refractivity contribution in [3.63, 3.8) is 0 Å². The fourth-order valence-corrected chi connectivity index (χ4v) is 3.20. The maximum absolute atomic E-state index is 4.32. The van der Waals surface area contributed by atoms with Crippen LogP contribution >= 0.6 is 11.3 Å². The van der Waals surface area contributed by atoms with Crippen LogP contribution in [0.3, 0.4) is 0 Å². The topological polar surface area (TPSA) is 28.2 Å². The Morgan fingerprint density at radius 1 is 1.53 bits per heavy atom. The molecule has 0 radical (unpaired) electrons. The summed E-state index contributed by atoms with van der Waals surface area (Å²) in [6, 6.07) is 7.23. The van der Waals surface area contributed by atoms with Gasteiger partial charge in [0.15, 0.2) is 0 Å². The predicted octanol–water partition coefficient (Wildman–Crippen LogP) is 2.48. The first-order valence-corrected chi connectivity index (χ1v) is 7.06. The van der Waals surface area contributed by atoms with Crippen molar-refractivity contribution in [2.45, 2.75) is 19.4 Å². The van der Waals surface area contributed by atoms with Crippen LogP contribution in [0.4, 0.5) is 5.69 Å². The number of nitrogens with one attached hydrogen (secondary N) is 1. The molecule has 1 saturated heterocycles. The molecule has 1 aromatic carbocycles. The molecule has 3 rings (SSSR count). The second kappa shape index (κ2) is 4.63. The Labute approximate surface area is 105 Å². The van der Waals surface area contributed by atoms with Crippen molar-refractivity contribution in [3.8, 4) is 0 Å². The third-order valence-electron chi connectivity index (χ3n) is 3.36. The molecule has 1 aliphatic rings. The summed E-state index contributed by atoms with van der Waals surface area (Å²) in [7, 11) is 0. The number of anilines is 1. The number of fused-ring (bicyclic) bond motifs is 1. The van der Waals surface area contributed by atoms with Crippen LogP contribution < -0.4 is 10.2 Å². The van der Waals surface area contributed by atoms with E-state index in [1.807, 2.05) is 5.51 Å². The zero-order valence-corrected chi connectivity index (χ0v) is 10.8. The zero-order valence-electron chi connectivity index (χ0n) is 10.0. The predicted molar refractivity (Wildman–Crippen MR) is 73.9 cm³/mol. The standard InChI is InChI=1S/C13H17N3S/c1-2-14-10-5-6-16(8-10)11-3-4-12-13(7-11)17-9-15-12/h3-4,7,9-10,14H,2,5-6,8H2,1H3. The molecule has 1 atom stereocenters. The Morgan fingerprint density at radius 2 is 2.47 bits per heavy atom. The SMILES string of the molecule is CCNC1CCN(c2ccc3ncsc3c2)C1. The van der Waals surface area contributed by atoms with Crippen molar-refractivity contribution in [2.24, 2.45) is 0 Å². The average molecular weight is 247 g/mol. The van der Waals surface area contributed by atoms with Gasteiger partial charge < -0.3 is 10.2 Å². The molecular formula is C13H17N3S. The lowest BCUT2D eigenvalue weighted by Crippen LogP contribution is -2.32. The van der Waals surface area contributed by atoms with E-state index in [1.165, 1.54) is 16.8 Å². The molecule has 4 heteroatoms. The molecule has 0 amide bonds. The Morgan fingerprint density at radius 3 is 3.35 bits per heavy atom. The smallest absolute Gasteiger partial charge is 0.0813 e. The van der Waals surface area contributed by atoms with Crippen LogP contribution in [0.2, 0.25) is 0 Å². The van der Waals surface area contributed by atoms with Crippen LogP contribution in [0, 0.1) is 0 Å². The highest BCUT2D eigenvalue weighted by molar-refractivity contribution is 7.16. The van der Waals surface area contributed by atoms with Gasteiger partial charge in [0.1, 0.15) is 0 Å². The maximum Gasteiger partial charge on any atom is 0.0813 e. The van der Waals surface area contributed by atoms with Crippen molar-refractivity contribution in [3.05, 3.63) is 23.7 Å². The number of aromatic nitrogens is 1. The van der Waals surface area contributed by atoms with Crippen molar-refractivity contribution in [1.29, 1.82) is 0 Å². The fraction of sp³-hybridized carbons (Fsp3) is 0.462. The minimum Gasteiger partial charge on any atom is -0.370 e. The van der Waals surface area contributed by atoms with Crippen LogP contribution in [0.25, 0.3) is 10.2 Å². The van der Waals surface area contributed by atoms with E-state index in [1.54, 1.807) is 11.3 Å². The van der Waals surface area contributed by atoms with Crippen molar-refractivity contribution in [1.82, 2.24) is 10.3 Å². The molecular weight excluding hydrogens is 230 g/mol. The van der Waals surface area contributed by atoms with E-state index in [0.29, 0.717) is 6.04 Å². The number of thiazole rings is 1. The van der Waals surface area contributed by atoms with Gasteiger partial charge >= 0.3 is 0 Å². The van der Waals surface area contributed by atoms with E-state index >= 15 is 0 Å². The summed E-state index contributed by atoms with van der Waals surface area (Å²) < 4.78 is 1.29. The number of hydrogen-bond donors (Lipinski definition) is 1. The maximum atomic E-state index is 4.32. The Balaban J connectivity index is 1.80. The molecule has 1 aliphatic heterocycles. The molecule has 2 aromatic rings. The van der Waals surface area contributed by atoms with Crippen LogP contribution in [-0.2, 0) is 0 Å². The highest BCUT2D eigenvalue weighted by Crippen LogP contribution is 2.26. The van der Waals surface area contributed by atoms with Crippen molar-refractivity contribution >= 4 is 27.2 Å². The third kappa shape index (κ3) is 2.15. The van der Waals surface area contributed by atoms with Crippen molar-refractivity contribution < 1.29 is 0 Å². The van der Waals surface area contributed by atoms with Gasteiger partial charge in [-0.25, -0.2) is 4.98 Å². The van der Waals surface area contributed by atoms with Gasteiger partial charge in [0.05, 0.1) is 15.7 Å². The summed E-state index contributed by atoms with van der Waals surface area (Å²) in [5.74, 6) is 0. The lowest BCUT2D eigenvalue weighted by molar-refractivity contribution is 0.572. The summed E-state index contributed by atoms with van der Waals surface area (Å²) in [6.45, 7) is 5.51. The van der Waals surface area contributed by atoms with Gasteiger partial charge in [-0.1, -0.05) is 6.92 Å². The molecule has 0 spiro atoms. The lowest BCUT2D eigenvalue weighted by atomic mass is 10.2. The summed E-state index contributed by atoms with van der Waals surface area (Å²) in [6.07, 6.45) is 1.24. The number of hydrogen-bond acceptors (Lipinski definition) is 4. The van der Waals surface area contributed by atoms with E-state index < -0.39 is 0 Å². The minimum atomic E-state index is 0.650. The highest BCUT2D eigenvalue weighted by atomic mass is 32.1. The van der Waals surface area contributed by atoms with Gasteiger partial charge in [0, 0.05) is 24.8 Å². The van der Waals surface area contributed by atoms with Gasteiger partial charge in [-0.05, 0) is 31.2 Å². The summed E-state index contributed by atoms with van der Waals surface area (Å²) in [5.41, 5.74) is 4.36. The van der Waals surface area contributed by atoms with Gasteiger partial charge in [-0.2, -0.15) is 0 Å². The number of likely N-dealkylation sites (N-methyl/N-ethyl adjacent to an activating group) is 1. The molecule has 1 fully saturated rings. The van der Waals surface area contributed by atoms with Gasteiger partial charge in [0.2, 0.25) is 0 Å². The van der Waals surface area contributed by atoms with Crippen LogP contribution in [0.5, 0.6) is 0 Å². The van der Waals surface area contributed by atoms with Gasteiger partial charge in [-0.3, -0.25) is 0 Å². The number of nitrogens with zero attached hydrogens (tertiary/aromatic N) is 2. The summed E-state index contributed by atoms with van der Waals surface area (Å²) in [5, 5.41) is 3.52. The fourth-order valence-electron chi connectivity index (χ4n) is 2.49. The molecule has 0 aliphatic carbocycles. The van der Waals surface area contributed by atoms with Crippen LogP contribution in [0.15, 0.2) is 23.7 Å². The Kier molecular flexibility index (Phi) is 2.99. The molecule has 0 saturated carbocycles. The lowest BCUT2D eigenvalue weighted by Gasteiger charge is -2.18. The first-order valence-electron chi connectivity index (χ1n) is 6.18. The van der Waals surface area contributed by atoms with E-state index in [-0.39, 0.29) is 0 Å². The highest BCUT2D eigenvalue weighted by Gasteiger charge is 2.21. The number of rotatable bonds is 3. The number of benzene rings is 1. The van der Waals surface area contributed by atoms with Gasteiger partial charge in [0.25, 0.3) is 0 Å². The molecule has 0 bridgehead atoms. The molecule has 1 unspecified atom stereocenters. The Bertz CT molecular complexity index is 508. The van der Waals surface area contributed by atoms with E-state index in [4.69, 9.17) is 0 Å². The van der Waals surface area contributed by atoms with E-state index in [9.17, 15) is 0 Å². The normalized spacial score (nSPS) is 20.3. The largest absolute Gasteiger partial charge is 0.370 e. The summed E-state index contributed by atoms with van der Waals surface area (Å²) in [4.78, 5) is 6.78. The van der Waals surface area contributed by atoms with Crippen LogP contribution in [-0.4, -0.2) is 30.7 Å². The monoisotopic (exact) mass is 247 g/mol. The molecule has 3 nitrogen and oxygen atoms in total. The molecule has 90 valence electrons. The quantitative estimate of drug-likeness (QED) is 0.903. The van der Waals surface area contributed by atoms with E-state index in [0.717, 1.165) is 25.2 Å². The second-order valence-corrected chi connectivity index (χ2v) is 5.38. The minimum absolute atomic E-state index is 0.650. The molecule has 17 heavy (non-hydrogen) atoms. The van der Waals surface area contributed by atoms with Crippen LogP contribution in [0.1, 0.15) is 13.3 Å². The second-order valence-electron chi connectivity index (χ2n) is 4.49. The van der Waals surface area contributed by atoms with E-state index in [2.05, 4.69) is 40.3 Å². The molecule has 1 aromatic heterocycles. The first kappa shape index (κ1) is 11.0. The Hall–Kier alpha value is -1.13. The zero-order chi connectivity index (χ0) is 11.7. The molecule has 2 heterocycles. The van der Waals surface area contributed by atoms with Crippen molar-refractivity contribution in [2.75, 3.05) is 24.5 Å². The first-order chi connectivity index (χ1) is 8.36. The average Bonchev–Trinajstić information content (AvgIpc) is 2.96. The molecule has 1 N–H and O–H groups in total. The third-order valence-corrected chi connectivity index (χ3v) is 4.15.